The number of carbonyl (C=O) groups excluding carboxylic acids is 1. The van der Waals surface area contributed by atoms with Gasteiger partial charge in [0.15, 0.2) is 0 Å². The van der Waals surface area contributed by atoms with E-state index in [9.17, 15) is 19.5 Å². The van der Waals surface area contributed by atoms with Crippen LogP contribution in [0.5, 0.6) is 0 Å². The zero-order valence-electron chi connectivity index (χ0n) is 22.1. The highest BCUT2D eigenvalue weighted by molar-refractivity contribution is 5.95. The van der Waals surface area contributed by atoms with Gasteiger partial charge in [-0.05, 0) is 49.7 Å². The van der Waals surface area contributed by atoms with Crippen molar-refractivity contribution < 1.29 is 19.4 Å². The molecule has 1 saturated heterocycles. The zero-order chi connectivity index (χ0) is 27.7. The molecule has 0 unspecified atom stereocenters. The highest BCUT2D eigenvalue weighted by Crippen LogP contribution is 2.29. The van der Waals surface area contributed by atoms with Gasteiger partial charge in [0.1, 0.15) is 5.82 Å². The summed E-state index contributed by atoms with van der Waals surface area (Å²) in [4.78, 5) is 44.8. The van der Waals surface area contributed by atoms with Crippen molar-refractivity contribution in [3.63, 3.8) is 0 Å². The maximum atomic E-state index is 13.5. The number of ether oxygens (including phenoxy) is 1. The van der Waals surface area contributed by atoms with Crippen LogP contribution in [0.4, 0.5) is 5.69 Å². The molecule has 2 N–H and O–H groups in total. The molecule has 1 aliphatic rings. The molecular weight excluding hydrogens is 496 g/mol. The molecule has 1 fully saturated rings. The highest BCUT2D eigenvalue weighted by Gasteiger charge is 2.21. The highest BCUT2D eigenvalue weighted by atomic mass is 16.5. The average molecular weight is 527 g/mol. The van der Waals surface area contributed by atoms with Crippen LogP contribution in [-0.4, -0.2) is 57.7 Å². The van der Waals surface area contributed by atoms with E-state index >= 15 is 0 Å². The summed E-state index contributed by atoms with van der Waals surface area (Å²) in [6, 6.07) is 17.3. The molecule has 0 bridgehead atoms. The van der Waals surface area contributed by atoms with Crippen LogP contribution in [0.15, 0.2) is 65.5 Å². The van der Waals surface area contributed by atoms with Gasteiger partial charge in [-0.3, -0.25) is 14.2 Å². The number of anilines is 1. The molecule has 0 aliphatic carbocycles. The lowest BCUT2D eigenvalue weighted by Gasteiger charge is -2.26. The number of nitrogens with zero attached hydrogens (tertiary/aromatic N) is 3. The number of para-hydroxylation sites is 1. The summed E-state index contributed by atoms with van der Waals surface area (Å²) in [5.41, 5.74) is 3.95. The van der Waals surface area contributed by atoms with Gasteiger partial charge in [-0.1, -0.05) is 30.3 Å². The Morgan fingerprint density at radius 1 is 1.05 bits per heavy atom. The number of aromatic carboxylic acids is 1. The predicted molar refractivity (Wildman–Crippen MR) is 149 cm³/mol. The second-order valence-electron chi connectivity index (χ2n) is 9.75. The van der Waals surface area contributed by atoms with Crippen LogP contribution in [0.2, 0.25) is 0 Å². The van der Waals surface area contributed by atoms with Gasteiger partial charge in [-0.2, -0.15) is 0 Å². The lowest BCUT2D eigenvalue weighted by molar-refractivity contribution is 0.0303. The van der Waals surface area contributed by atoms with Gasteiger partial charge >= 0.3 is 5.97 Å². The number of morpholine rings is 1. The molecule has 1 atom stereocenters. The van der Waals surface area contributed by atoms with Crippen LogP contribution < -0.4 is 10.9 Å². The fraction of sp³-hybridized carbons (Fsp3) is 0.267. The Kier molecular flexibility index (Phi) is 7.17. The minimum atomic E-state index is -1.02. The Bertz CT molecular complexity index is 1620. The molecule has 1 aliphatic heterocycles. The van der Waals surface area contributed by atoms with Crippen molar-refractivity contribution in [1.29, 1.82) is 0 Å². The van der Waals surface area contributed by atoms with Crippen molar-refractivity contribution in [2.45, 2.75) is 19.9 Å². The molecule has 9 nitrogen and oxygen atoms in total. The first-order chi connectivity index (χ1) is 18.7. The van der Waals surface area contributed by atoms with Gasteiger partial charge in [0, 0.05) is 42.5 Å². The number of benzene rings is 3. The van der Waals surface area contributed by atoms with Crippen molar-refractivity contribution >= 4 is 28.5 Å². The van der Waals surface area contributed by atoms with Gasteiger partial charge in [0.2, 0.25) is 0 Å². The predicted octanol–water partition coefficient (Wildman–Crippen LogP) is 4.25. The lowest BCUT2D eigenvalue weighted by atomic mass is 10.00. The van der Waals surface area contributed by atoms with E-state index in [1.807, 2.05) is 26.0 Å². The van der Waals surface area contributed by atoms with E-state index in [0.29, 0.717) is 59.8 Å². The Labute approximate surface area is 225 Å². The van der Waals surface area contributed by atoms with Gasteiger partial charge in [0.05, 0.1) is 35.7 Å². The fourth-order valence-electron chi connectivity index (χ4n) is 4.96. The lowest BCUT2D eigenvalue weighted by Crippen LogP contribution is -2.40. The number of nitrogens with one attached hydrogen (secondary N) is 1. The van der Waals surface area contributed by atoms with E-state index in [-0.39, 0.29) is 23.1 Å². The monoisotopic (exact) mass is 526 g/mol. The van der Waals surface area contributed by atoms with Crippen LogP contribution in [0.25, 0.3) is 22.3 Å². The molecule has 5 rings (SSSR count). The summed E-state index contributed by atoms with van der Waals surface area (Å²) in [5, 5.41) is 13.4. The quantitative estimate of drug-likeness (QED) is 0.386. The van der Waals surface area contributed by atoms with Crippen LogP contribution >= 0.6 is 0 Å². The fourth-order valence-corrected chi connectivity index (χ4v) is 4.96. The summed E-state index contributed by atoms with van der Waals surface area (Å²) < 4.78 is 6.86. The van der Waals surface area contributed by atoms with Crippen molar-refractivity contribution in [2.24, 2.45) is 7.05 Å². The van der Waals surface area contributed by atoms with Crippen LogP contribution in [0, 0.1) is 6.92 Å². The minimum absolute atomic E-state index is 0.0514. The number of carboxylic acids is 1. The van der Waals surface area contributed by atoms with Crippen molar-refractivity contribution in [3.8, 4) is 11.4 Å². The van der Waals surface area contributed by atoms with E-state index in [1.165, 1.54) is 4.57 Å². The summed E-state index contributed by atoms with van der Waals surface area (Å²) >= 11 is 0. The summed E-state index contributed by atoms with van der Waals surface area (Å²) in [5.74, 6) is -0.602. The van der Waals surface area contributed by atoms with Gasteiger partial charge in [0.25, 0.3) is 11.5 Å². The normalized spacial score (nSPS) is 14.3. The molecule has 1 aromatic heterocycles. The molecule has 200 valence electrons. The van der Waals surface area contributed by atoms with Crippen molar-refractivity contribution in [2.75, 3.05) is 31.6 Å². The third-order valence-electron chi connectivity index (χ3n) is 7.04. The number of hydrogen-bond acceptors (Lipinski definition) is 6. The van der Waals surface area contributed by atoms with Gasteiger partial charge in [-0.15, -0.1) is 0 Å². The largest absolute Gasteiger partial charge is 0.478 e. The van der Waals surface area contributed by atoms with E-state index in [4.69, 9.17) is 9.72 Å². The molecule has 4 aromatic rings. The maximum Gasteiger partial charge on any atom is 0.337 e. The molecule has 9 heteroatoms. The number of aromatic nitrogens is 2. The molecule has 0 saturated carbocycles. The summed E-state index contributed by atoms with van der Waals surface area (Å²) in [6.45, 7) is 6.02. The number of hydrogen-bond donors (Lipinski definition) is 2. The average Bonchev–Trinajstić information content (AvgIpc) is 2.95. The standard InChI is InChI=1S/C30H30N4O5/c1-18-16-23(19(2)31-25-7-5-4-6-22(25)30(37)38)26-24(17-18)29(36)33(3)27(32-26)20-8-10-21(11-9-20)28(35)34-12-14-39-15-13-34/h4-11,16-17,19,31H,12-15H2,1-3H3,(H,37,38)/t19-/m1/s1. The third-order valence-corrected chi connectivity index (χ3v) is 7.04. The number of amides is 1. The number of carboxylic acid groups (broad SMARTS) is 1. The number of aryl methyl sites for hydroxylation is 1. The van der Waals surface area contributed by atoms with E-state index < -0.39 is 5.97 Å². The minimum Gasteiger partial charge on any atom is -0.478 e. The van der Waals surface area contributed by atoms with E-state index in [2.05, 4.69) is 5.32 Å². The zero-order valence-corrected chi connectivity index (χ0v) is 22.1. The Morgan fingerprint density at radius 3 is 2.44 bits per heavy atom. The number of rotatable bonds is 6. The van der Waals surface area contributed by atoms with Crippen LogP contribution in [-0.2, 0) is 11.8 Å². The first kappa shape index (κ1) is 26.1. The first-order valence-electron chi connectivity index (χ1n) is 12.8. The van der Waals surface area contributed by atoms with Crippen LogP contribution in [0.1, 0.15) is 44.8 Å². The van der Waals surface area contributed by atoms with E-state index in [0.717, 1.165) is 11.1 Å². The number of carbonyl (C=O) groups is 2. The smallest absolute Gasteiger partial charge is 0.337 e. The van der Waals surface area contributed by atoms with Crippen LogP contribution in [0.3, 0.4) is 0 Å². The van der Waals surface area contributed by atoms with E-state index in [1.54, 1.807) is 60.5 Å². The molecule has 2 heterocycles. The first-order valence-corrected chi connectivity index (χ1v) is 12.8. The molecule has 0 radical (unpaired) electrons. The summed E-state index contributed by atoms with van der Waals surface area (Å²) in [7, 11) is 1.68. The molecular formula is C30H30N4O5. The van der Waals surface area contributed by atoms with Gasteiger partial charge < -0.3 is 20.1 Å². The Hall–Kier alpha value is -4.50. The topological polar surface area (TPSA) is 114 Å². The Balaban J connectivity index is 1.54. The summed E-state index contributed by atoms with van der Waals surface area (Å²) in [6.07, 6.45) is 0. The molecule has 0 spiro atoms. The van der Waals surface area contributed by atoms with Crippen molar-refractivity contribution in [3.05, 3.63) is 93.3 Å². The molecule has 3 aromatic carbocycles. The van der Waals surface area contributed by atoms with Crippen molar-refractivity contribution in [1.82, 2.24) is 14.5 Å². The second kappa shape index (κ2) is 10.7. The number of fused-ring (bicyclic) bond motifs is 1. The molecule has 39 heavy (non-hydrogen) atoms. The second-order valence-corrected chi connectivity index (χ2v) is 9.75. The molecule has 1 amide bonds. The maximum absolute atomic E-state index is 13.5. The SMILES string of the molecule is Cc1cc([C@@H](C)Nc2ccccc2C(=O)O)c2nc(-c3ccc(C(=O)N4CCOCC4)cc3)n(C)c(=O)c2c1. The third kappa shape index (κ3) is 5.13. The Morgan fingerprint density at radius 2 is 1.74 bits per heavy atom. The van der Waals surface area contributed by atoms with Gasteiger partial charge in [-0.25, -0.2) is 9.78 Å².